The SMILES string of the molecule is CC(C)c1nc(N2CCC(c3cnc(NC(=O)c4ccc(-n5cncn5)cc4)s3)CC2)no1. The Bertz CT molecular complexity index is 1210. The van der Waals surface area contributed by atoms with Crippen LogP contribution in [0.4, 0.5) is 11.1 Å². The van der Waals surface area contributed by atoms with Crippen LogP contribution in [0, 0.1) is 0 Å². The number of piperidine rings is 1. The number of carbonyl (C=O) groups is 1. The van der Waals surface area contributed by atoms with Crippen LogP contribution in [-0.2, 0) is 0 Å². The zero-order valence-corrected chi connectivity index (χ0v) is 19.2. The summed E-state index contributed by atoms with van der Waals surface area (Å²) < 4.78 is 6.98. The van der Waals surface area contributed by atoms with Crippen molar-refractivity contribution in [3.63, 3.8) is 0 Å². The third kappa shape index (κ3) is 4.63. The Hall–Kier alpha value is -3.60. The smallest absolute Gasteiger partial charge is 0.266 e. The van der Waals surface area contributed by atoms with Crippen LogP contribution in [0.25, 0.3) is 5.69 Å². The molecule has 0 saturated carbocycles. The van der Waals surface area contributed by atoms with Crippen molar-refractivity contribution in [1.82, 2.24) is 29.9 Å². The molecule has 0 aliphatic carbocycles. The second-order valence-electron chi connectivity index (χ2n) is 8.26. The molecule has 1 aromatic carbocycles. The van der Waals surface area contributed by atoms with Gasteiger partial charge in [0.1, 0.15) is 12.7 Å². The summed E-state index contributed by atoms with van der Waals surface area (Å²) >= 11 is 1.53. The molecule has 0 atom stereocenters. The lowest BCUT2D eigenvalue weighted by Gasteiger charge is -2.30. The number of carbonyl (C=O) groups excluding carboxylic acids is 1. The van der Waals surface area contributed by atoms with Crippen LogP contribution < -0.4 is 10.2 Å². The van der Waals surface area contributed by atoms with E-state index in [4.69, 9.17) is 4.52 Å². The van der Waals surface area contributed by atoms with Gasteiger partial charge < -0.3 is 9.42 Å². The van der Waals surface area contributed by atoms with E-state index in [2.05, 4.69) is 35.4 Å². The Morgan fingerprint density at radius 2 is 2.00 bits per heavy atom. The molecular weight excluding hydrogens is 440 g/mol. The van der Waals surface area contributed by atoms with Gasteiger partial charge in [-0.15, -0.1) is 11.3 Å². The Morgan fingerprint density at radius 3 is 2.67 bits per heavy atom. The van der Waals surface area contributed by atoms with Crippen molar-refractivity contribution in [3.8, 4) is 5.69 Å². The molecule has 0 spiro atoms. The predicted molar refractivity (Wildman–Crippen MR) is 124 cm³/mol. The highest BCUT2D eigenvalue weighted by Crippen LogP contribution is 2.34. The van der Waals surface area contributed by atoms with Crippen molar-refractivity contribution < 1.29 is 9.32 Å². The summed E-state index contributed by atoms with van der Waals surface area (Å²) in [6.07, 6.45) is 6.91. The maximum atomic E-state index is 12.6. The van der Waals surface area contributed by atoms with E-state index in [0.717, 1.165) is 31.6 Å². The van der Waals surface area contributed by atoms with E-state index in [1.54, 1.807) is 23.1 Å². The van der Waals surface area contributed by atoms with E-state index in [-0.39, 0.29) is 11.8 Å². The normalized spacial score (nSPS) is 14.7. The average molecular weight is 465 g/mol. The minimum absolute atomic E-state index is 0.186. The molecule has 1 fully saturated rings. The second kappa shape index (κ2) is 9.10. The van der Waals surface area contributed by atoms with Crippen LogP contribution in [0.15, 0.2) is 47.6 Å². The molecule has 1 aliphatic rings. The number of nitrogens with one attached hydrogen (secondary N) is 1. The van der Waals surface area contributed by atoms with E-state index in [9.17, 15) is 4.79 Å². The molecule has 0 bridgehead atoms. The molecule has 1 amide bonds. The average Bonchev–Trinajstić information content (AvgIpc) is 3.61. The Labute approximate surface area is 194 Å². The Kier molecular flexibility index (Phi) is 5.86. The first-order valence-electron chi connectivity index (χ1n) is 10.9. The largest absolute Gasteiger partial charge is 0.338 e. The number of rotatable bonds is 6. The highest BCUT2D eigenvalue weighted by molar-refractivity contribution is 7.15. The number of thiazole rings is 1. The first kappa shape index (κ1) is 21.3. The number of benzene rings is 1. The highest BCUT2D eigenvalue weighted by Gasteiger charge is 2.25. The molecule has 1 saturated heterocycles. The third-order valence-corrected chi connectivity index (χ3v) is 6.74. The topological polar surface area (TPSA) is 115 Å². The zero-order valence-electron chi connectivity index (χ0n) is 18.4. The van der Waals surface area contributed by atoms with Crippen molar-refractivity contribution in [3.05, 3.63) is 59.4 Å². The molecule has 11 heteroatoms. The maximum absolute atomic E-state index is 12.6. The minimum Gasteiger partial charge on any atom is -0.338 e. The van der Waals surface area contributed by atoms with Crippen LogP contribution in [0.2, 0.25) is 0 Å². The van der Waals surface area contributed by atoms with E-state index < -0.39 is 0 Å². The van der Waals surface area contributed by atoms with Gasteiger partial charge >= 0.3 is 0 Å². The Morgan fingerprint density at radius 1 is 1.21 bits per heavy atom. The highest BCUT2D eigenvalue weighted by atomic mass is 32.1. The van der Waals surface area contributed by atoms with E-state index in [1.165, 1.54) is 22.5 Å². The molecule has 3 aromatic heterocycles. The lowest BCUT2D eigenvalue weighted by atomic mass is 9.96. The molecule has 5 rings (SSSR count). The van der Waals surface area contributed by atoms with Gasteiger partial charge in [-0.3, -0.25) is 10.1 Å². The van der Waals surface area contributed by atoms with Gasteiger partial charge in [-0.05, 0) is 48.2 Å². The summed E-state index contributed by atoms with van der Waals surface area (Å²) in [4.78, 5) is 28.8. The summed E-state index contributed by atoms with van der Waals surface area (Å²) in [5.74, 6) is 1.78. The number of hydrogen-bond acceptors (Lipinski definition) is 9. The lowest BCUT2D eigenvalue weighted by molar-refractivity contribution is 0.102. The van der Waals surface area contributed by atoms with E-state index >= 15 is 0 Å². The van der Waals surface area contributed by atoms with Crippen molar-refractivity contribution in [2.75, 3.05) is 23.3 Å². The lowest BCUT2D eigenvalue weighted by Crippen LogP contribution is -2.33. The molecule has 10 nitrogen and oxygen atoms in total. The fourth-order valence-corrected chi connectivity index (χ4v) is 4.74. The summed E-state index contributed by atoms with van der Waals surface area (Å²) in [5, 5.41) is 11.7. The van der Waals surface area contributed by atoms with E-state index in [0.29, 0.717) is 28.5 Å². The van der Waals surface area contributed by atoms with Crippen molar-refractivity contribution >= 4 is 28.3 Å². The summed E-state index contributed by atoms with van der Waals surface area (Å²) in [6, 6.07) is 7.19. The third-order valence-electron chi connectivity index (χ3n) is 5.66. The van der Waals surface area contributed by atoms with Crippen LogP contribution >= 0.6 is 11.3 Å². The first-order valence-corrected chi connectivity index (χ1v) is 11.7. The van der Waals surface area contributed by atoms with Gasteiger partial charge in [-0.25, -0.2) is 14.6 Å². The van der Waals surface area contributed by atoms with Crippen LogP contribution in [0.5, 0.6) is 0 Å². The molecule has 4 aromatic rings. The van der Waals surface area contributed by atoms with Gasteiger partial charge in [-0.2, -0.15) is 10.1 Å². The molecule has 1 N–H and O–H groups in total. The number of amides is 1. The number of anilines is 2. The maximum Gasteiger partial charge on any atom is 0.266 e. The Balaban J connectivity index is 1.17. The number of nitrogens with zero attached hydrogens (tertiary/aromatic N) is 7. The first-order chi connectivity index (χ1) is 16.1. The van der Waals surface area contributed by atoms with Crippen molar-refractivity contribution in [2.24, 2.45) is 0 Å². The predicted octanol–water partition coefficient (Wildman–Crippen LogP) is 3.87. The van der Waals surface area contributed by atoms with Gasteiger partial charge in [0.15, 0.2) is 5.13 Å². The molecule has 170 valence electrons. The molecule has 33 heavy (non-hydrogen) atoms. The molecular formula is C22H24N8O2S. The second-order valence-corrected chi connectivity index (χ2v) is 9.32. The summed E-state index contributed by atoms with van der Waals surface area (Å²) in [6.45, 7) is 5.80. The summed E-state index contributed by atoms with van der Waals surface area (Å²) in [5.41, 5.74) is 1.40. The standard InChI is InChI=1S/C22H24N8O2S/c1-14(2)20-27-21(28-32-20)29-9-7-15(8-10-29)18-11-24-22(33-18)26-19(31)16-3-5-17(6-4-16)30-13-23-12-25-30/h3-6,11-15H,7-10H2,1-2H3,(H,24,26,31). The fraction of sp³-hybridized carbons (Fsp3) is 0.364. The van der Waals surface area contributed by atoms with Gasteiger partial charge in [0, 0.05) is 35.6 Å². The van der Waals surface area contributed by atoms with Gasteiger partial charge in [-0.1, -0.05) is 13.8 Å². The molecule has 4 heterocycles. The van der Waals surface area contributed by atoms with Gasteiger partial charge in [0.2, 0.25) is 5.89 Å². The number of hydrogen-bond donors (Lipinski definition) is 1. The molecule has 0 unspecified atom stereocenters. The van der Waals surface area contributed by atoms with Crippen LogP contribution in [0.3, 0.4) is 0 Å². The van der Waals surface area contributed by atoms with Crippen molar-refractivity contribution in [1.29, 1.82) is 0 Å². The van der Waals surface area contributed by atoms with Gasteiger partial charge in [0.25, 0.3) is 11.9 Å². The zero-order chi connectivity index (χ0) is 22.8. The van der Waals surface area contributed by atoms with E-state index in [1.807, 2.05) is 32.2 Å². The summed E-state index contributed by atoms with van der Waals surface area (Å²) in [7, 11) is 0. The fourth-order valence-electron chi connectivity index (χ4n) is 3.76. The monoisotopic (exact) mass is 464 g/mol. The molecule has 1 aliphatic heterocycles. The van der Waals surface area contributed by atoms with Crippen LogP contribution in [-0.4, -0.2) is 48.9 Å². The minimum atomic E-state index is -0.186. The molecule has 0 radical (unpaired) electrons. The quantitative estimate of drug-likeness (QED) is 0.457. The van der Waals surface area contributed by atoms with Crippen molar-refractivity contribution in [2.45, 2.75) is 38.5 Å². The van der Waals surface area contributed by atoms with Gasteiger partial charge in [0.05, 0.1) is 5.69 Å². The number of aromatic nitrogens is 6. The van der Waals surface area contributed by atoms with Crippen LogP contribution in [0.1, 0.15) is 59.7 Å².